The van der Waals surface area contributed by atoms with E-state index in [1.165, 1.54) is 57.7 Å². The molecule has 217 valence electrons. The Labute approximate surface area is 239 Å². The van der Waals surface area contributed by atoms with Crippen LogP contribution in [0, 0.1) is 24.1 Å². The summed E-state index contributed by atoms with van der Waals surface area (Å²) in [5.74, 6) is -1.15. The molecule has 0 spiro atoms. The van der Waals surface area contributed by atoms with Gasteiger partial charge in [0.15, 0.2) is 0 Å². The third-order valence-corrected chi connectivity index (χ3v) is 9.66. The van der Waals surface area contributed by atoms with Gasteiger partial charge in [0.25, 0.3) is 0 Å². The van der Waals surface area contributed by atoms with Crippen LogP contribution in [0.1, 0.15) is 94.0 Å². The Morgan fingerprint density at radius 1 is 1.15 bits per heavy atom. The van der Waals surface area contributed by atoms with E-state index < -0.39 is 17.9 Å². The number of nitrogens with one attached hydrogen (secondary N) is 1. The van der Waals surface area contributed by atoms with Crippen molar-refractivity contribution in [1.29, 1.82) is 0 Å². The quantitative estimate of drug-likeness (QED) is 0.349. The summed E-state index contributed by atoms with van der Waals surface area (Å²) in [5.41, 5.74) is 1.73. The number of halogens is 1. The molecule has 3 amide bonds. The second-order valence-corrected chi connectivity index (χ2v) is 12.1. The van der Waals surface area contributed by atoms with Crippen molar-refractivity contribution < 1.29 is 18.8 Å². The van der Waals surface area contributed by atoms with E-state index in [9.17, 15) is 14.4 Å². The Balaban J connectivity index is 1.37. The molecular weight excluding hydrogens is 506 g/mol. The number of benzene rings is 1. The topological polar surface area (TPSA) is 73.0 Å². The number of imide groups is 1. The molecule has 0 saturated carbocycles. The van der Waals surface area contributed by atoms with Gasteiger partial charge in [0.05, 0.1) is 0 Å². The van der Waals surface area contributed by atoms with Gasteiger partial charge < -0.3 is 0 Å². The van der Waals surface area contributed by atoms with Crippen LogP contribution in [-0.4, -0.2) is 79.9 Å². The molecule has 4 rings (SSSR count). The van der Waals surface area contributed by atoms with Gasteiger partial charge in [-0.3, -0.25) is 0 Å². The van der Waals surface area contributed by atoms with Crippen LogP contribution in [0.5, 0.6) is 0 Å². The molecule has 40 heavy (non-hydrogen) atoms. The average molecular weight is 552 g/mol. The Kier molecular flexibility index (Phi) is 10.2. The van der Waals surface area contributed by atoms with Crippen LogP contribution < -0.4 is 10.2 Å². The molecule has 3 aliphatic rings. The van der Waals surface area contributed by atoms with Gasteiger partial charge in [-0.1, -0.05) is 33.1 Å². The molecule has 9 heteroatoms. The SMILES string of the molecule is [B]=CN(C(=O)c1cc(N2CCC(CN3CCC(CC)(CCCC)CC3)CC2)c(F)cc1C)C1CCC(=O)NC1=O. The van der Waals surface area contributed by atoms with E-state index in [1.54, 1.807) is 13.0 Å². The molecule has 1 radical (unpaired) electrons. The van der Waals surface area contributed by atoms with Crippen molar-refractivity contribution in [1.82, 2.24) is 15.1 Å². The fourth-order valence-electron chi connectivity index (χ4n) is 6.80. The summed E-state index contributed by atoms with van der Waals surface area (Å²) in [5, 5.41) is 2.27. The number of anilines is 1. The molecule has 1 unspecified atom stereocenters. The third-order valence-electron chi connectivity index (χ3n) is 9.66. The summed E-state index contributed by atoms with van der Waals surface area (Å²) in [6.45, 7) is 11.2. The molecule has 7 nitrogen and oxygen atoms in total. The van der Waals surface area contributed by atoms with Gasteiger partial charge in [-0.25, -0.2) is 0 Å². The van der Waals surface area contributed by atoms with Gasteiger partial charge in [0, 0.05) is 0 Å². The molecule has 3 aliphatic heterocycles. The number of hydrogen-bond acceptors (Lipinski definition) is 5. The monoisotopic (exact) mass is 551 g/mol. The molecule has 1 aromatic carbocycles. The number of likely N-dealkylation sites (tertiary alicyclic amines) is 1. The predicted molar refractivity (Wildman–Crippen MR) is 158 cm³/mol. The Bertz CT molecular complexity index is 1100. The summed E-state index contributed by atoms with van der Waals surface area (Å²) < 4.78 is 15.2. The number of aryl methyl sites for hydroxylation is 1. The summed E-state index contributed by atoms with van der Waals surface area (Å²) >= 11 is 0. The van der Waals surface area contributed by atoms with E-state index in [-0.39, 0.29) is 24.6 Å². The first-order valence-electron chi connectivity index (χ1n) is 15.2. The maximum atomic E-state index is 15.2. The molecule has 1 atom stereocenters. The zero-order valence-electron chi connectivity index (χ0n) is 24.5. The Hall–Kier alpha value is -2.55. The van der Waals surface area contributed by atoms with Gasteiger partial charge in [0.1, 0.15) is 0 Å². The Morgan fingerprint density at radius 3 is 2.45 bits per heavy atom. The van der Waals surface area contributed by atoms with Gasteiger partial charge in [0.2, 0.25) is 0 Å². The number of nitrogens with zero attached hydrogens (tertiary/aromatic N) is 3. The minimum atomic E-state index is -0.872. The minimum absolute atomic E-state index is 0.131. The maximum absolute atomic E-state index is 15.2. The van der Waals surface area contributed by atoms with Crippen molar-refractivity contribution in [2.75, 3.05) is 37.6 Å². The molecule has 0 aromatic heterocycles. The van der Waals surface area contributed by atoms with Gasteiger partial charge in [-0.15, -0.1) is 0 Å². The van der Waals surface area contributed by atoms with Crippen molar-refractivity contribution >= 4 is 37.0 Å². The average Bonchev–Trinajstić information content (AvgIpc) is 2.95. The molecule has 3 heterocycles. The molecule has 1 N–H and O–H groups in total. The summed E-state index contributed by atoms with van der Waals surface area (Å²) in [6, 6.07) is 2.11. The van der Waals surface area contributed by atoms with Crippen LogP contribution >= 0.6 is 0 Å². The van der Waals surface area contributed by atoms with Crippen LogP contribution in [0.4, 0.5) is 10.1 Å². The number of rotatable bonds is 10. The van der Waals surface area contributed by atoms with E-state index in [2.05, 4.69) is 24.1 Å². The fourth-order valence-corrected chi connectivity index (χ4v) is 6.80. The zero-order chi connectivity index (χ0) is 28.9. The van der Waals surface area contributed by atoms with Crippen molar-refractivity contribution in [2.24, 2.45) is 11.3 Å². The van der Waals surface area contributed by atoms with E-state index >= 15 is 4.39 Å². The van der Waals surface area contributed by atoms with Crippen LogP contribution in [0.25, 0.3) is 0 Å². The third kappa shape index (κ3) is 6.84. The number of hydrogen-bond donors (Lipinski definition) is 1. The first-order valence-corrected chi connectivity index (χ1v) is 15.2. The van der Waals surface area contributed by atoms with Crippen molar-refractivity contribution in [2.45, 2.75) is 91.0 Å². The predicted octanol–water partition coefficient (Wildman–Crippen LogP) is 4.21. The second kappa shape index (κ2) is 13.4. The molecule has 3 saturated heterocycles. The first-order chi connectivity index (χ1) is 19.2. The van der Waals surface area contributed by atoms with Gasteiger partial charge in [-0.05, 0) is 37.8 Å². The zero-order valence-corrected chi connectivity index (χ0v) is 24.5. The Morgan fingerprint density at radius 2 is 1.85 bits per heavy atom. The van der Waals surface area contributed by atoms with E-state index in [4.69, 9.17) is 7.49 Å². The van der Waals surface area contributed by atoms with E-state index in [0.717, 1.165) is 43.5 Å². The standard InChI is InChI=1S/C31H45BFN4O3/c1-4-6-11-31(5-2)12-16-35(17-13-31)20-23-9-14-36(15-10-23)27-19-24(22(3)18-25(27)33)30(40)37(21-32)26-7-8-28(38)34-29(26)39/h18-19,21,23,26H,4-17,20H2,1-3H3,(H,34,38,39). The van der Waals surface area contributed by atoms with Gasteiger partial charge >= 0.3 is 169 Å². The normalized spacial score (nSPS) is 22.2. The summed E-state index contributed by atoms with van der Waals surface area (Å²) in [4.78, 5) is 43.2. The summed E-state index contributed by atoms with van der Waals surface area (Å²) in [6.07, 6.45) is 11.2. The number of carbonyl (C=O) groups excluding carboxylic acids is 3. The van der Waals surface area contributed by atoms with Crippen LogP contribution in [-0.2, 0) is 9.59 Å². The fraction of sp³-hybridized carbons (Fsp3) is 0.677. The van der Waals surface area contributed by atoms with E-state index in [0.29, 0.717) is 28.1 Å². The molecular formula is C31H45BFN4O3. The second-order valence-electron chi connectivity index (χ2n) is 12.1. The molecule has 1 aromatic rings. The van der Waals surface area contributed by atoms with Crippen molar-refractivity contribution in [3.63, 3.8) is 0 Å². The number of amides is 3. The molecule has 0 bridgehead atoms. The van der Waals surface area contributed by atoms with Crippen molar-refractivity contribution in [3.05, 3.63) is 29.1 Å². The number of piperidine rings is 3. The van der Waals surface area contributed by atoms with Crippen molar-refractivity contribution in [3.8, 4) is 0 Å². The van der Waals surface area contributed by atoms with Crippen LogP contribution in [0.2, 0.25) is 0 Å². The van der Waals surface area contributed by atoms with Gasteiger partial charge in [-0.2, -0.15) is 0 Å². The van der Waals surface area contributed by atoms with E-state index in [1.807, 2.05) is 4.90 Å². The number of carbonyl (C=O) groups is 3. The summed E-state index contributed by atoms with van der Waals surface area (Å²) in [7, 11) is 5.76. The molecule has 3 fully saturated rings. The first kappa shape index (κ1) is 30.4. The van der Waals surface area contributed by atoms with Crippen LogP contribution in [0.15, 0.2) is 12.1 Å². The number of unbranched alkanes of at least 4 members (excludes halogenated alkanes) is 1. The molecule has 0 aliphatic carbocycles. The van der Waals surface area contributed by atoms with Crippen LogP contribution in [0.3, 0.4) is 0 Å².